The van der Waals surface area contributed by atoms with E-state index in [-0.39, 0.29) is 11.5 Å². The highest BCUT2D eigenvalue weighted by Gasteiger charge is 2.15. The predicted octanol–water partition coefficient (Wildman–Crippen LogP) is -0.226. The fraction of sp³-hybridized carbons (Fsp3) is 0.400. The summed E-state index contributed by atoms with van der Waals surface area (Å²) < 4.78 is 4.55. The number of hydrogen-bond acceptors (Lipinski definition) is 7. The Morgan fingerprint density at radius 3 is 2.58 bits per heavy atom. The van der Waals surface area contributed by atoms with Gasteiger partial charge in [-0.1, -0.05) is 0 Å². The molecule has 0 aliphatic carbocycles. The van der Waals surface area contributed by atoms with Crippen molar-refractivity contribution in [3.8, 4) is 0 Å². The third kappa shape index (κ3) is 2.99. The zero-order chi connectivity index (χ0) is 9.56. The number of nitrogens with two attached hydrogens (primary N) is 2. The minimum Gasteiger partial charge on any atom is -0.462 e. The molecule has 0 aliphatic heterocycles. The Morgan fingerprint density at radius 1 is 1.67 bits per heavy atom. The minimum absolute atomic E-state index is 0.167. The van der Waals surface area contributed by atoms with Gasteiger partial charge in [0, 0.05) is 0 Å². The summed E-state index contributed by atoms with van der Waals surface area (Å²) in [7, 11) is 0. The molecule has 0 rings (SSSR count). The molecule has 0 radical (unpaired) electrons. The normalized spacial score (nSPS) is 11.9. The molecular weight excluding hydrogens is 184 g/mol. The van der Waals surface area contributed by atoms with E-state index in [1.54, 1.807) is 6.92 Å². The van der Waals surface area contributed by atoms with E-state index in [0.717, 1.165) is 0 Å². The van der Waals surface area contributed by atoms with E-state index in [1.165, 1.54) is 0 Å². The summed E-state index contributed by atoms with van der Waals surface area (Å²) in [5.74, 6) is -1.20. The molecule has 0 bridgehead atoms. The Labute approximate surface area is 73.6 Å². The highest BCUT2D eigenvalue weighted by Crippen LogP contribution is 2.13. The molecule has 0 aromatic heterocycles. The van der Waals surface area contributed by atoms with Crippen LogP contribution in [0.4, 0.5) is 0 Å². The van der Waals surface area contributed by atoms with Gasteiger partial charge in [0.1, 0.15) is 0 Å². The summed E-state index contributed by atoms with van der Waals surface area (Å²) in [6, 6.07) is 0. The molecule has 0 unspecified atom stereocenters. The fourth-order valence-electron chi connectivity index (χ4n) is 0.445. The molecule has 0 aromatic rings. The Hall–Kier alpha value is -0.920. The first-order valence-electron chi connectivity index (χ1n) is 3.02. The molecule has 0 spiro atoms. The number of ether oxygens (including phenoxy) is 1. The van der Waals surface area contributed by atoms with Crippen molar-refractivity contribution in [3.05, 3.63) is 10.8 Å². The molecule has 6 nitrogen and oxygen atoms in total. The van der Waals surface area contributed by atoms with Crippen LogP contribution < -0.4 is 10.9 Å². The van der Waals surface area contributed by atoms with Crippen LogP contribution in [0.2, 0.25) is 0 Å². The number of esters is 1. The highest BCUT2D eigenvalue weighted by atomic mass is 32.2. The first kappa shape index (κ1) is 11.1. The van der Waals surface area contributed by atoms with Gasteiger partial charge in [-0.2, -0.15) is 0 Å². The lowest BCUT2D eigenvalue weighted by molar-refractivity contribution is -0.205. The van der Waals surface area contributed by atoms with Gasteiger partial charge in [0.15, 0.2) is 4.91 Å². The van der Waals surface area contributed by atoms with Crippen LogP contribution >= 0.6 is 11.9 Å². The van der Waals surface area contributed by atoms with Crippen LogP contribution in [0, 0.1) is 0 Å². The summed E-state index contributed by atoms with van der Waals surface area (Å²) in [5, 5.41) is 13.2. The maximum Gasteiger partial charge on any atom is 0.351 e. The topological polar surface area (TPSA) is 108 Å². The predicted molar refractivity (Wildman–Crippen MR) is 43.3 cm³/mol. The highest BCUT2D eigenvalue weighted by molar-refractivity contribution is 8.01. The molecular formula is C5H10N2O4S. The van der Waals surface area contributed by atoms with E-state index in [0.29, 0.717) is 11.9 Å². The van der Waals surface area contributed by atoms with Crippen LogP contribution in [0.3, 0.4) is 0 Å². The molecule has 0 fully saturated rings. The molecule has 0 amide bonds. The van der Waals surface area contributed by atoms with Crippen molar-refractivity contribution in [3.63, 3.8) is 0 Å². The van der Waals surface area contributed by atoms with E-state index in [9.17, 15) is 4.79 Å². The summed E-state index contributed by atoms with van der Waals surface area (Å²) >= 11 is 0.546. The second kappa shape index (κ2) is 5.70. The minimum atomic E-state index is -0.725. The van der Waals surface area contributed by atoms with Gasteiger partial charge in [-0.05, 0) is 18.9 Å². The van der Waals surface area contributed by atoms with E-state index >= 15 is 0 Å². The van der Waals surface area contributed by atoms with Crippen LogP contribution in [0.15, 0.2) is 10.8 Å². The lowest BCUT2D eigenvalue weighted by Crippen LogP contribution is -2.14. The Balaban J connectivity index is 4.44. The van der Waals surface area contributed by atoms with Gasteiger partial charge >= 0.3 is 5.97 Å². The molecule has 7 heteroatoms. The van der Waals surface area contributed by atoms with Gasteiger partial charge in [0.2, 0.25) is 5.88 Å². The van der Waals surface area contributed by atoms with Gasteiger partial charge in [-0.3, -0.25) is 5.14 Å². The molecule has 0 aromatic carbocycles. The number of rotatable bonds is 4. The molecule has 0 atom stereocenters. The molecule has 0 aliphatic rings. The molecule has 0 heterocycles. The van der Waals surface area contributed by atoms with Crippen LogP contribution in [0.5, 0.6) is 0 Å². The van der Waals surface area contributed by atoms with Gasteiger partial charge in [-0.15, -0.1) is 0 Å². The smallest absolute Gasteiger partial charge is 0.351 e. The van der Waals surface area contributed by atoms with Crippen molar-refractivity contribution in [1.82, 2.24) is 0 Å². The first-order chi connectivity index (χ1) is 5.67. The van der Waals surface area contributed by atoms with E-state index in [1.807, 2.05) is 0 Å². The summed E-state index contributed by atoms with van der Waals surface area (Å²) in [4.78, 5) is 14.4. The van der Waals surface area contributed by atoms with Crippen molar-refractivity contribution in [2.45, 2.75) is 6.92 Å². The van der Waals surface area contributed by atoms with Crippen molar-refractivity contribution in [2.24, 2.45) is 10.9 Å². The average Bonchev–Trinajstić information content (AvgIpc) is 2.06. The van der Waals surface area contributed by atoms with E-state index < -0.39 is 11.9 Å². The van der Waals surface area contributed by atoms with Gasteiger partial charge < -0.3 is 15.4 Å². The second-order valence-corrected chi connectivity index (χ2v) is 2.27. The van der Waals surface area contributed by atoms with Crippen LogP contribution in [0.25, 0.3) is 0 Å². The maximum atomic E-state index is 10.9. The van der Waals surface area contributed by atoms with Crippen LogP contribution in [-0.2, 0) is 14.4 Å². The van der Waals surface area contributed by atoms with Crippen molar-refractivity contribution in [1.29, 1.82) is 0 Å². The summed E-state index contributed by atoms with van der Waals surface area (Å²) in [5.41, 5.74) is 5.06. The number of hydrogen-bond donors (Lipinski definition) is 3. The van der Waals surface area contributed by atoms with Crippen molar-refractivity contribution < 1.29 is 19.7 Å². The van der Waals surface area contributed by atoms with Crippen molar-refractivity contribution in [2.75, 3.05) is 6.61 Å². The zero-order valence-corrected chi connectivity index (χ0v) is 7.26. The summed E-state index contributed by atoms with van der Waals surface area (Å²) in [6.07, 6.45) is 0. The summed E-state index contributed by atoms with van der Waals surface area (Å²) in [6.45, 7) is 1.83. The standard InChI is InChI=1S/C5H10N2O4S/c1-2-10-5(8)3(12-7)4(6)11-9/h9H,2,6-7H2,1H3/b4-3+. The van der Waals surface area contributed by atoms with Gasteiger partial charge in [0.25, 0.3) is 0 Å². The zero-order valence-electron chi connectivity index (χ0n) is 6.44. The van der Waals surface area contributed by atoms with Crippen LogP contribution in [0.1, 0.15) is 6.92 Å². The molecule has 0 saturated heterocycles. The van der Waals surface area contributed by atoms with E-state index in [2.05, 4.69) is 9.62 Å². The number of carbonyl (C=O) groups excluding carboxylic acids is 1. The Morgan fingerprint density at radius 2 is 2.25 bits per heavy atom. The monoisotopic (exact) mass is 194 g/mol. The Bertz CT molecular complexity index is 194. The van der Waals surface area contributed by atoms with Gasteiger partial charge in [0.05, 0.1) is 6.61 Å². The largest absolute Gasteiger partial charge is 0.462 e. The Kier molecular flexibility index (Phi) is 5.26. The average molecular weight is 194 g/mol. The molecule has 70 valence electrons. The number of carbonyl (C=O) groups is 1. The van der Waals surface area contributed by atoms with E-state index in [4.69, 9.17) is 16.1 Å². The third-order valence-corrected chi connectivity index (χ3v) is 1.50. The first-order valence-corrected chi connectivity index (χ1v) is 3.90. The second-order valence-electron chi connectivity index (χ2n) is 1.62. The quantitative estimate of drug-likeness (QED) is 0.142. The molecule has 12 heavy (non-hydrogen) atoms. The maximum absolute atomic E-state index is 10.9. The van der Waals surface area contributed by atoms with Gasteiger partial charge in [-0.25, -0.2) is 10.1 Å². The SMILES string of the molecule is CCOC(=O)/C(SN)=C(/N)OO. The third-order valence-electron chi connectivity index (χ3n) is 0.901. The van der Waals surface area contributed by atoms with Crippen LogP contribution in [-0.4, -0.2) is 17.8 Å². The lowest BCUT2D eigenvalue weighted by atomic mass is 10.6. The lowest BCUT2D eigenvalue weighted by Gasteiger charge is -2.04. The molecule has 0 saturated carbocycles. The fourth-order valence-corrected chi connectivity index (χ4v) is 0.753. The molecule has 5 N–H and O–H groups in total. The van der Waals surface area contributed by atoms with Crippen molar-refractivity contribution >= 4 is 17.9 Å².